The van der Waals surface area contributed by atoms with E-state index in [-0.39, 0.29) is 24.0 Å². The van der Waals surface area contributed by atoms with Gasteiger partial charge >= 0.3 is 0 Å². The highest BCUT2D eigenvalue weighted by Gasteiger charge is 2.20. The third kappa shape index (κ3) is 4.71. The molecule has 4 N–H and O–H groups in total. The predicted molar refractivity (Wildman–Crippen MR) is 119 cm³/mol. The Bertz CT molecular complexity index is 1070. The molecule has 4 aromatic rings. The molecule has 2 aliphatic rings. The molecule has 4 heterocycles. The van der Waals surface area contributed by atoms with Crippen LogP contribution in [0.25, 0.3) is 22.1 Å². The number of imidazole rings is 2. The number of halogens is 3. The van der Waals surface area contributed by atoms with Crippen molar-refractivity contribution in [2.75, 3.05) is 13.1 Å². The van der Waals surface area contributed by atoms with Crippen LogP contribution in [0.1, 0.15) is 49.4 Å². The van der Waals surface area contributed by atoms with Crippen LogP contribution in [0.4, 0.5) is 8.78 Å². The third-order valence-corrected chi connectivity index (χ3v) is 5.71. The highest BCUT2D eigenvalue weighted by Crippen LogP contribution is 2.24. The van der Waals surface area contributed by atoms with E-state index in [0.29, 0.717) is 12.1 Å². The maximum atomic E-state index is 13.0. The quantitative estimate of drug-likeness (QED) is 0.360. The number of rotatable bonds is 2. The number of nitrogens with one attached hydrogen (secondary N) is 4. The Labute approximate surface area is 184 Å². The van der Waals surface area contributed by atoms with E-state index in [1.807, 2.05) is 0 Å². The van der Waals surface area contributed by atoms with Crippen molar-refractivity contribution in [2.45, 2.75) is 37.8 Å². The van der Waals surface area contributed by atoms with Gasteiger partial charge in [0, 0.05) is 0 Å². The summed E-state index contributed by atoms with van der Waals surface area (Å²) in [5.74, 6) is 1.40. The first-order valence-electron chi connectivity index (χ1n) is 10.4. The minimum atomic E-state index is -0.225. The monoisotopic (exact) mass is 446 g/mol. The van der Waals surface area contributed by atoms with E-state index >= 15 is 0 Å². The van der Waals surface area contributed by atoms with Gasteiger partial charge in [-0.3, -0.25) is 0 Å². The van der Waals surface area contributed by atoms with Gasteiger partial charge in [-0.05, 0) is 75.2 Å². The van der Waals surface area contributed by atoms with Crippen LogP contribution in [-0.2, 0) is 0 Å². The van der Waals surface area contributed by atoms with Crippen molar-refractivity contribution in [3.05, 3.63) is 59.7 Å². The van der Waals surface area contributed by atoms with Crippen molar-refractivity contribution in [1.82, 2.24) is 30.6 Å². The van der Waals surface area contributed by atoms with E-state index in [0.717, 1.165) is 59.6 Å². The molecule has 0 aliphatic carbocycles. The number of aromatic amines is 2. The van der Waals surface area contributed by atoms with Gasteiger partial charge in [0.15, 0.2) is 0 Å². The fraction of sp³-hybridized carbons (Fsp3) is 0.364. The number of hydrogen-bond acceptors (Lipinski definition) is 4. The van der Waals surface area contributed by atoms with Gasteiger partial charge in [-0.2, -0.15) is 0 Å². The van der Waals surface area contributed by atoms with E-state index in [1.54, 1.807) is 12.1 Å². The van der Waals surface area contributed by atoms with E-state index in [1.165, 1.54) is 37.1 Å². The summed E-state index contributed by atoms with van der Waals surface area (Å²) in [4.78, 5) is 15.2. The summed E-state index contributed by atoms with van der Waals surface area (Å²) in [5, 5.41) is 6.72. The molecule has 6 rings (SSSR count). The van der Waals surface area contributed by atoms with Crippen LogP contribution in [0.2, 0.25) is 0 Å². The molecule has 6 nitrogen and oxygen atoms in total. The molecule has 2 saturated heterocycles. The first kappa shape index (κ1) is 21.7. The molecule has 0 saturated carbocycles. The zero-order valence-corrected chi connectivity index (χ0v) is 17.7. The number of fused-ring (bicyclic) bond motifs is 2. The lowest BCUT2D eigenvalue weighted by Crippen LogP contribution is -2.13. The summed E-state index contributed by atoms with van der Waals surface area (Å²) < 4.78 is 25.9. The normalized spacial score (nSPS) is 20.6. The van der Waals surface area contributed by atoms with Crippen LogP contribution in [0, 0.1) is 11.6 Å². The Hall–Kier alpha value is -2.55. The van der Waals surface area contributed by atoms with Crippen molar-refractivity contribution in [2.24, 2.45) is 0 Å². The van der Waals surface area contributed by atoms with Gasteiger partial charge in [0.25, 0.3) is 0 Å². The third-order valence-electron chi connectivity index (χ3n) is 5.71. The van der Waals surface area contributed by atoms with E-state index < -0.39 is 0 Å². The van der Waals surface area contributed by atoms with Gasteiger partial charge in [-0.1, -0.05) is 0 Å². The van der Waals surface area contributed by atoms with Crippen molar-refractivity contribution >= 4 is 34.5 Å². The van der Waals surface area contributed by atoms with E-state index in [4.69, 9.17) is 0 Å². The van der Waals surface area contributed by atoms with Gasteiger partial charge in [0.1, 0.15) is 23.3 Å². The summed E-state index contributed by atoms with van der Waals surface area (Å²) in [6.45, 7) is 2.08. The summed E-state index contributed by atoms with van der Waals surface area (Å²) in [5.41, 5.74) is 3.22. The van der Waals surface area contributed by atoms with Crippen LogP contribution in [0.3, 0.4) is 0 Å². The average Bonchev–Trinajstić information content (AvgIpc) is 3.53. The lowest BCUT2D eigenvalue weighted by Gasteiger charge is -2.04. The van der Waals surface area contributed by atoms with Crippen LogP contribution >= 0.6 is 12.4 Å². The summed E-state index contributed by atoms with van der Waals surface area (Å²) in [6, 6.07) is 9.88. The minimum Gasteiger partial charge on any atom is -0.341 e. The molecule has 2 fully saturated rings. The number of H-pyrrole nitrogens is 2. The number of aromatic nitrogens is 4. The van der Waals surface area contributed by atoms with Crippen molar-refractivity contribution in [3.8, 4) is 0 Å². The molecular weight excluding hydrogens is 422 g/mol. The molecular formula is C22H25ClF2N6. The largest absolute Gasteiger partial charge is 0.341 e. The summed E-state index contributed by atoms with van der Waals surface area (Å²) >= 11 is 0. The molecule has 164 valence electrons. The Balaban J connectivity index is 0.000000144. The second-order valence-electron chi connectivity index (χ2n) is 7.86. The predicted octanol–water partition coefficient (Wildman–Crippen LogP) is 4.67. The molecule has 31 heavy (non-hydrogen) atoms. The molecule has 9 heteroatoms. The zero-order chi connectivity index (χ0) is 20.5. The van der Waals surface area contributed by atoms with Gasteiger partial charge in [-0.25, -0.2) is 18.7 Å². The van der Waals surface area contributed by atoms with Crippen LogP contribution in [-0.4, -0.2) is 33.0 Å². The van der Waals surface area contributed by atoms with Crippen LogP contribution in [0.15, 0.2) is 36.4 Å². The van der Waals surface area contributed by atoms with Crippen molar-refractivity contribution in [1.29, 1.82) is 0 Å². The average molecular weight is 447 g/mol. The fourth-order valence-corrected chi connectivity index (χ4v) is 4.17. The maximum absolute atomic E-state index is 13.0. The first-order valence-corrected chi connectivity index (χ1v) is 10.4. The second kappa shape index (κ2) is 9.30. The Kier molecular flexibility index (Phi) is 6.50. The minimum absolute atomic E-state index is 0. The number of nitrogens with zero attached hydrogens (tertiary/aromatic N) is 2. The highest BCUT2D eigenvalue weighted by atomic mass is 35.5. The molecule has 2 aromatic carbocycles. The molecule has 0 amide bonds. The first-order chi connectivity index (χ1) is 14.7. The van der Waals surface area contributed by atoms with Gasteiger partial charge < -0.3 is 20.6 Å². The standard InChI is InChI=1S/2C11H12FN3.ClH/c2*12-7-3-4-8-10(6-7)15-11(14-8)9-2-1-5-13-9;/h2*3-4,6,9,13H,1-2,5H2,(H,14,15);1H/t2*9-;/m00./s1. The topological polar surface area (TPSA) is 81.4 Å². The lowest BCUT2D eigenvalue weighted by atomic mass is 10.2. The van der Waals surface area contributed by atoms with Gasteiger partial charge in [-0.15, -0.1) is 12.4 Å². The zero-order valence-electron chi connectivity index (χ0n) is 16.9. The number of hydrogen-bond donors (Lipinski definition) is 4. The van der Waals surface area contributed by atoms with Gasteiger partial charge in [0.05, 0.1) is 34.2 Å². The SMILES string of the molecule is Cl.Fc1ccc2nc([C@@H]3CCCN3)[nH]c2c1.Fc1ccc2nc([C@@H]3CCCN3)[nH]c2c1. The Morgan fingerprint density at radius 1 is 0.710 bits per heavy atom. The van der Waals surface area contributed by atoms with Crippen molar-refractivity contribution < 1.29 is 8.78 Å². The number of benzene rings is 2. The Morgan fingerprint density at radius 3 is 1.55 bits per heavy atom. The molecule has 0 radical (unpaired) electrons. The smallest absolute Gasteiger partial charge is 0.125 e. The molecule has 2 aromatic heterocycles. The summed E-state index contributed by atoms with van der Waals surface area (Å²) in [7, 11) is 0. The molecule has 0 bridgehead atoms. The second-order valence-corrected chi connectivity index (χ2v) is 7.86. The van der Waals surface area contributed by atoms with Crippen LogP contribution in [0.5, 0.6) is 0 Å². The molecule has 0 spiro atoms. The maximum Gasteiger partial charge on any atom is 0.125 e. The van der Waals surface area contributed by atoms with E-state index in [9.17, 15) is 8.78 Å². The van der Waals surface area contributed by atoms with Crippen molar-refractivity contribution in [3.63, 3.8) is 0 Å². The molecule has 0 unspecified atom stereocenters. The van der Waals surface area contributed by atoms with E-state index in [2.05, 4.69) is 30.6 Å². The molecule has 2 atom stereocenters. The molecule has 2 aliphatic heterocycles. The fourth-order valence-electron chi connectivity index (χ4n) is 4.17. The van der Waals surface area contributed by atoms with Gasteiger partial charge in [0.2, 0.25) is 0 Å². The van der Waals surface area contributed by atoms with Crippen LogP contribution < -0.4 is 10.6 Å². The summed E-state index contributed by atoms with van der Waals surface area (Å²) in [6.07, 6.45) is 4.55. The Morgan fingerprint density at radius 2 is 1.16 bits per heavy atom. The lowest BCUT2D eigenvalue weighted by molar-refractivity contribution is 0.614. The highest BCUT2D eigenvalue weighted by molar-refractivity contribution is 5.85.